The van der Waals surface area contributed by atoms with Gasteiger partial charge >= 0.3 is 0 Å². The van der Waals surface area contributed by atoms with Crippen molar-refractivity contribution in [1.29, 1.82) is 0 Å². The lowest BCUT2D eigenvalue weighted by Crippen LogP contribution is -2.16. The normalized spacial score (nSPS) is 10.8. The van der Waals surface area contributed by atoms with Gasteiger partial charge in [-0.2, -0.15) is 0 Å². The van der Waals surface area contributed by atoms with Crippen molar-refractivity contribution in [3.8, 4) is 11.4 Å². The van der Waals surface area contributed by atoms with Crippen LogP contribution in [0.1, 0.15) is 0 Å². The van der Waals surface area contributed by atoms with E-state index in [1.54, 1.807) is 30.0 Å². The van der Waals surface area contributed by atoms with E-state index in [-0.39, 0.29) is 11.7 Å². The number of nitrogens with zero attached hydrogens (tertiary/aromatic N) is 3. The molecular weight excluding hydrogens is 425 g/mol. The third-order valence-electron chi connectivity index (χ3n) is 3.52. The van der Waals surface area contributed by atoms with Crippen LogP contribution in [0.5, 0.6) is 0 Å². The third kappa shape index (κ3) is 4.90. The standard InChI is InChI=1S/C17H15Cl2N5OS2/c1-26-12-4-2-3-11(8-12)21-15(25)9-27-17-23-22-16(24(17)20)13-6-5-10(18)7-14(13)19/h2-8H,9,20H2,1H3,(H,21,25). The fourth-order valence-electron chi connectivity index (χ4n) is 2.26. The molecule has 6 nitrogen and oxygen atoms in total. The molecule has 2 aromatic carbocycles. The van der Waals surface area contributed by atoms with Crippen LogP contribution in [0, 0.1) is 0 Å². The zero-order chi connectivity index (χ0) is 19.4. The highest BCUT2D eigenvalue weighted by Crippen LogP contribution is 2.30. The molecule has 1 amide bonds. The van der Waals surface area contributed by atoms with E-state index in [0.717, 1.165) is 10.6 Å². The fourth-order valence-corrected chi connectivity index (χ4v) is 3.87. The van der Waals surface area contributed by atoms with Crippen LogP contribution in [-0.4, -0.2) is 32.8 Å². The van der Waals surface area contributed by atoms with E-state index in [1.165, 1.54) is 16.4 Å². The van der Waals surface area contributed by atoms with Crippen LogP contribution in [0.2, 0.25) is 10.0 Å². The third-order valence-corrected chi connectivity index (χ3v) is 5.74. The Kier molecular flexibility index (Phi) is 6.54. The number of hydrogen-bond acceptors (Lipinski definition) is 6. The van der Waals surface area contributed by atoms with Crippen molar-refractivity contribution >= 4 is 58.3 Å². The largest absolute Gasteiger partial charge is 0.335 e. The molecular formula is C17H15Cl2N5OS2. The molecule has 3 N–H and O–H groups in total. The Morgan fingerprint density at radius 1 is 1.22 bits per heavy atom. The number of carbonyl (C=O) groups is 1. The Morgan fingerprint density at radius 3 is 2.78 bits per heavy atom. The first kappa shape index (κ1) is 19.9. The lowest BCUT2D eigenvalue weighted by molar-refractivity contribution is -0.113. The van der Waals surface area contributed by atoms with Crippen molar-refractivity contribution in [2.75, 3.05) is 23.2 Å². The second-order valence-corrected chi connectivity index (χ2v) is 8.03. The van der Waals surface area contributed by atoms with Crippen LogP contribution in [-0.2, 0) is 4.79 Å². The summed E-state index contributed by atoms with van der Waals surface area (Å²) in [7, 11) is 0. The molecule has 0 saturated carbocycles. The highest BCUT2D eigenvalue weighted by molar-refractivity contribution is 7.99. The van der Waals surface area contributed by atoms with E-state index < -0.39 is 0 Å². The van der Waals surface area contributed by atoms with E-state index in [4.69, 9.17) is 29.0 Å². The van der Waals surface area contributed by atoms with Gasteiger partial charge in [0.15, 0.2) is 5.82 Å². The Balaban J connectivity index is 1.66. The number of halogens is 2. The second kappa shape index (κ2) is 8.88. The number of carbonyl (C=O) groups excluding carboxylic acids is 1. The second-order valence-electron chi connectivity index (χ2n) is 5.37. The molecule has 0 bridgehead atoms. The molecule has 3 aromatic rings. The minimum absolute atomic E-state index is 0.146. The Morgan fingerprint density at radius 2 is 2.04 bits per heavy atom. The number of hydrogen-bond donors (Lipinski definition) is 2. The van der Waals surface area contributed by atoms with Gasteiger partial charge in [-0.1, -0.05) is 41.0 Å². The molecule has 0 aliphatic rings. The van der Waals surface area contributed by atoms with Crippen LogP contribution in [0.25, 0.3) is 11.4 Å². The Hall–Kier alpha value is -1.87. The molecule has 1 heterocycles. The summed E-state index contributed by atoms with van der Waals surface area (Å²) in [4.78, 5) is 13.3. The average Bonchev–Trinajstić information content (AvgIpc) is 3.01. The van der Waals surface area contributed by atoms with Crippen LogP contribution in [0.3, 0.4) is 0 Å². The quantitative estimate of drug-likeness (QED) is 0.436. The maximum Gasteiger partial charge on any atom is 0.234 e. The highest BCUT2D eigenvalue weighted by atomic mass is 35.5. The van der Waals surface area contributed by atoms with Gasteiger partial charge in [0.25, 0.3) is 0 Å². The van der Waals surface area contributed by atoms with Crippen molar-refractivity contribution in [1.82, 2.24) is 14.9 Å². The summed E-state index contributed by atoms with van der Waals surface area (Å²) in [5.41, 5.74) is 1.36. The smallest absolute Gasteiger partial charge is 0.234 e. The zero-order valence-corrected chi connectivity index (χ0v) is 17.3. The van der Waals surface area contributed by atoms with Crippen LogP contribution >= 0.6 is 46.7 Å². The maximum absolute atomic E-state index is 12.2. The van der Waals surface area contributed by atoms with E-state index >= 15 is 0 Å². The fraction of sp³-hybridized carbons (Fsp3) is 0.118. The van der Waals surface area contributed by atoms with Gasteiger partial charge in [-0.05, 0) is 42.7 Å². The summed E-state index contributed by atoms with van der Waals surface area (Å²) in [6.07, 6.45) is 1.98. The van der Waals surface area contributed by atoms with Crippen molar-refractivity contribution in [3.05, 3.63) is 52.5 Å². The molecule has 0 spiro atoms. The van der Waals surface area contributed by atoms with Crippen molar-refractivity contribution in [2.24, 2.45) is 0 Å². The molecule has 0 aliphatic carbocycles. The molecule has 27 heavy (non-hydrogen) atoms. The topological polar surface area (TPSA) is 85.8 Å². The van der Waals surface area contributed by atoms with Crippen molar-refractivity contribution in [2.45, 2.75) is 10.1 Å². The lowest BCUT2D eigenvalue weighted by atomic mass is 10.2. The molecule has 0 saturated heterocycles. The van der Waals surface area contributed by atoms with Gasteiger partial charge in [-0.3, -0.25) is 4.79 Å². The number of nitrogens with two attached hydrogens (primary N) is 1. The molecule has 10 heteroatoms. The maximum atomic E-state index is 12.2. The number of anilines is 1. The van der Waals surface area contributed by atoms with Crippen molar-refractivity contribution in [3.63, 3.8) is 0 Å². The van der Waals surface area contributed by atoms with Gasteiger partial charge < -0.3 is 11.2 Å². The van der Waals surface area contributed by atoms with Crippen LogP contribution < -0.4 is 11.2 Å². The van der Waals surface area contributed by atoms with E-state index in [9.17, 15) is 4.79 Å². The molecule has 140 valence electrons. The minimum Gasteiger partial charge on any atom is -0.335 e. The van der Waals surface area contributed by atoms with Crippen molar-refractivity contribution < 1.29 is 4.79 Å². The predicted molar refractivity (Wildman–Crippen MR) is 113 cm³/mol. The molecule has 0 aliphatic heterocycles. The van der Waals surface area contributed by atoms with Gasteiger partial charge in [-0.15, -0.1) is 22.0 Å². The number of rotatable bonds is 6. The molecule has 0 unspecified atom stereocenters. The first-order chi connectivity index (χ1) is 13.0. The number of nitrogens with one attached hydrogen (secondary N) is 1. The van der Waals surface area contributed by atoms with Gasteiger partial charge in [0.05, 0.1) is 10.8 Å². The first-order valence-electron chi connectivity index (χ1n) is 7.70. The minimum atomic E-state index is -0.160. The van der Waals surface area contributed by atoms with Gasteiger partial charge in [0.2, 0.25) is 11.1 Å². The molecule has 3 rings (SSSR count). The highest BCUT2D eigenvalue weighted by Gasteiger charge is 2.16. The summed E-state index contributed by atoms with van der Waals surface area (Å²) < 4.78 is 1.31. The van der Waals surface area contributed by atoms with E-state index in [2.05, 4.69) is 15.5 Å². The van der Waals surface area contributed by atoms with Crippen LogP contribution in [0.15, 0.2) is 52.5 Å². The summed E-state index contributed by atoms with van der Waals surface area (Å²) in [5.74, 6) is 6.45. The molecule has 0 atom stereocenters. The number of benzene rings is 2. The zero-order valence-electron chi connectivity index (χ0n) is 14.1. The SMILES string of the molecule is CSc1cccc(NC(=O)CSc2nnc(-c3ccc(Cl)cc3Cl)n2N)c1. The van der Waals surface area contributed by atoms with Gasteiger partial charge in [0, 0.05) is 21.2 Å². The summed E-state index contributed by atoms with van der Waals surface area (Å²) >= 11 is 14.9. The Labute approximate surface area is 174 Å². The summed E-state index contributed by atoms with van der Waals surface area (Å²) in [5, 5.41) is 12.3. The van der Waals surface area contributed by atoms with E-state index in [0.29, 0.717) is 26.6 Å². The van der Waals surface area contributed by atoms with Gasteiger partial charge in [-0.25, -0.2) is 4.68 Å². The molecule has 0 fully saturated rings. The van der Waals surface area contributed by atoms with Crippen LogP contribution in [0.4, 0.5) is 5.69 Å². The van der Waals surface area contributed by atoms with Gasteiger partial charge in [0.1, 0.15) is 0 Å². The Bertz CT molecular complexity index is 980. The number of amides is 1. The number of nitrogen functional groups attached to an aromatic ring is 1. The monoisotopic (exact) mass is 439 g/mol. The molecule has 1 aromatic heterocycles. The first-order valence-corrected chi connectivity index (χ1v) is 10.7. The number of thioether (sulfide) groups is 2. The molecule has 0 radical (unpaired) electrons. The average molecular weight is 440 g/mol. The summed E-state index contributed by atoms with van der Waals surface area (Å²) in [6, 6.07) is 12.7. The van der Waals surface area contributed by atoms with E-state index in [1.807, 2.05) is 30.5 Å². The lowest BCUT2D eigenvalue weighted by Gasteiger charge is -2.07. The summed E-state index contributed by atoms with van der Waals surface area (Å²) in [6.45, 7) is 0. The number of aromatic nitrogens is 3. The predicted octanol–water partition coefficient (Wildman–Crippen LogP) is 4.42.